The number of carbonyl (C=O) groups is 1. The fraction of sp³-hybridized carbons (Fsp3) is 0.359. The van der Waals surface area contributed by atoms with Gasteiger partial charge in [0.2, 0.25) is 5.75 Å². The Morgan fingerprint density at radius 2 is 1.19 bits per heavy atom. The topological polar surface area (TPSA) is 84.5 Å². The Morgan fingerprint density at radius 3 is 1.67 bits per heavy atom. The number of nitrogens with one attached hydrogen (secondary N) is 1. The molecular weight excluding hydrogens is 784 g/mol. The quantitative estimate of drug-likeness (QED) is 0.0811. The van der Waals surface area contributed by atoms with E-state index in [1.54, 1.807) is 13.8 Å². The van der Waals surface area contributed by atoms with Gasteiger partial charge >= 0.3 is 24.7 Å². The third kappa shape index (κ3) is 10.5. The van der Waals surface area contributed by atoms with E-state index in [-0.39, 0.29) is 63.0 Å². The molecule has 18 heteroatoms. The van der Waals surface area contributed by atoms with Crippen LogP contribution in [0.5, 0.6) is 28.7 Å². The van der Waals surface area contributed by atoms with Crippen molar-refractivity contribution in [3.8, 4) is 39.9 Å². The maximum Gasteiger partial charge on any atom is 0.514 e. The van der Waals surface area contributed by atoms with Crippen LogP contribution in [0.25, 0.3) is 11.1 Å². The lowest BCUT2D eigenvalue weighted by Crippen LogP contribution is -2.35. The average molecular weight is 822 g/mol. The van der Waals surface area contributed by atoms with Crippen molar-refractivity contribution in [3.05, 3.63) is 99.9 Å². The van der Waals surface area contributed by atoms with E-state index in [1.165, 1.54) is 41.4 Å². The molecule has 310 valence electrons. The largest absolute Gasteiger partial charge is 0.514 e. The van der Waals surface area contributed by atoms with Crippen LogP contribution >= 0.6 is 0 Å². The first kappa shape index (κ1) is 44.3. The molecule has 0 bridgehead atoms. The number of hydrogen-bond donors (Lipinski definition) is 1. The summed E-state index contributed by atoms with van der Waals surface area (Å²) in [5.74, 6) is -1.22. The van der Waals surface area contributed by atoms with E-state index in [2.05, 4.69) is 5.32 Å². The van der Waals surface area contributed by atoms with Crippen LogP contribution in [0.1, 0.15) is 66.2 Å². The van der Waals surface area contributed by atoms with Crippen LogP contribution in [0.4, 0.5) is 48.7 Å². The zero-order valence-corrected chi connectivity index (χ0v) is 31.4. The number of hydrogen-bond acceptors (Lipinski definition) is 8. The molecule has 4 rings (SSSR count). The Hall–Kier alpha value is -5.39. The monoisotopic (exact) mass is 821 g/mol. The SMILES string of the molecule is COc1cc(F)c(C(C)C)cc1-c1ccc(C(F)(F)F)cc1CN[C@@H](C)[C@H](OC(=O)Oc1cc(OC)c(OC)c(OC)c1)c1cc(C(F)(F)F)cc(C(F)(F)F)c1. The number of alkyl halides is 9. The Kier molecular flexibility index (Phi) is 13.5. The second-order valence-corrected chi connectivity index (χ2v) is 12.9. The van der Waals surface area contributed by atoms with Gasteiger partial charge in [0.25, 0.3) is 0 Å². The second-order valence-electron chi connectivity index (χ2n) is 12.9. The fourth-order valence-corrected chi connectivity index (χ4v) is 5.89. The molecule has 8 nitrogen and oxygen atoms in total. The minimum absolute atomic E-state index is 0.00845. The normalized spacial score (nSPS) is 13.2. The molecule has 0 saturated carbocycles. The first-order chi connectivity index (χ1) is 26.5. The van der Waals surface area contributed by atoms with Crippen LogP contribution in [0.15, 0.2) is 60.7 Å². The van der Waals surface area contributed by atoms with Gasteiger partial charge in [-0.15, -0.1) is 0 Å². The smallest absolute Gasteiger partial charge is 0.496 e. The van der Waals surface area contributed by atoms with E-state index in [9.17, 15) is 48.7 Å². The summed E-state index contributed by atoms with van der Waals surface area (Å²) >= 11 is 0. The molecule has 0 heterocycles. The number of carbonyl (C=O) groups excluding carboxylic acids is 1. The van der Waals surface area contributed by atoms with Gasteiger partial charge in [-0.05, 0) is 71.5 Å². The molecule has 0 fully saturated rings. The van der Waals surface area contributed by atoms with Crippen molar-refractivity contribution in [3.63, 3.8) is 0 Å². The molecule has 4 aromatic rings. The summed E-state index contributed by atoms with van der Waals surface area (Å²) in [5.41, 5.74) is -4.90. The van der Waals surface area contributed by atoms with Crippen LogP contribution in [-0.4, -0.2) is 40.6 Å². The number of benzene rings is 4. The Labute approximate surface area is 320 Å². The zero-order valence-electron chi connectivity index (χ0n) is 31.4. The predicted molar refractivity (Wildman–Crippen MR) is 186 cm³/mol. The highest BCUT2D eigenvalue weighted by molar-refractivity contribution is 5.75. The lowest BCUT2D eigenvalue weighted by atomic mass is 9.92. The van der Waals surface area contributed by atoms with Gasteiger partial charge in [0.15, 0.2) is 11.5 Å². The summed E-state index contributed by atoms with van der Waals surface area (Å²) < 4.78 is 172. The van der Waals surface area contributed by atoms with Crippen LogP contribution in [0.2, 0.25) is 0 Å². The molecule has 0 aromatic heterocycles. The highest BCUT2D eigenvalue weighted by atomic mass is 19.4. The van der Waals surface area contributed by atoms with E-state index in [1.807, 2.05) is 0 Å². The number of rotatable bonds is 13. The van der Waals surface area contributed by atoms with E-state index >= 15 is 0 Å². The molecule has 0 unspecified atom stereocenters. The lowest BCUT2D eigenvalue weighted by molar-refractivity contribution is -0.143. The first-order valence-electron chi connectivity index (χ1n) is 16.8. The number of ether oxygens (including phenoxy) is 6. The summed E-state index contributed by atoms with van der Waals surface area (Å²) in [7, 11) is 5.01. The summed E-state index contributed by atoms with van der Waals surface area (Å²) in [5, 5.41) is 2.78. The standard InChI is InChI=1S/C39H37F10NO7/c1-19(2)28-16-29(31(52-4)17-30(28)40)27-9-8-23(37(41,42)43)12-22(27)18-50-20(3)34(21-10-24(38(44,45)46)13-25(11-21)39(47,48)49)57-36(51)56-26-14-32(53-5)35(55-7)33(15-26)54-6/h8-17,19-20,34,50H,18H2,1-7H3/t20-,34-/m0/s1. The van der Waals surface area contributed by atoms with Crippen molar-refractivity contribution in [2.24, 2.45) is 0 Å². The summed E-state index contributed by atoms with van der Waals surface area (Å²) in [6.07, 6.45) is -19.0. The zero-order chi connectivity index (χ0) is 42.6. The van der Waals surface area contributed by atoms with Gasteiger partial charge in [-0.25, -0.2) is 9.18 Å². The van der Waals surface area contributed by atoms with Gasteiger partial charge in [0.05, 0.1) is 45.1 Å². The second kappa shape index (κ2) is 17.4. The van der Waals surface area contributed by atoms with E-state index in [4.69, 9.17) is 28.4 Å². The molecule has 57 heavy (non-hydrogen) atoms. The third-order valence-electron chi connectivity index (χ3n) is 8.73. The van der Waals surface area contributed by atoms with Crippen molar-refractivity contribution in [1.29, 1.82) is 0 Å². The van der Waals surface area contributed by atoms with Crippen molar-refractivity contribution >= 4 is 6.16 Å². The minimum Gasteiger partial charge on any atom is -0.496 e. The fourth-order valence-electron chi connectivity index (χ4n) is 5.89. The average Bonchev–Trinajstić information content (AvgIpc) is 3.13. The molecule has 0 aliphatic heterocycles. The van der Waals surface area contributed by atoms with Crippen molar-refractivity contribution in [1.82, 2.24) is 5.32 Å². The van der Waals surface area contributed by atoms with Crippen molar-refractivity contribution in [2.45, 2.75) is 63.9 Å². The van der Waals surface area contributed by atoms with Gasteiger partial charge in [-0.1, -0.05) is 19.9 Å². The van der Waals surface area contributed by atoms with Gasteiger partial charge in [0.1, 0.15) is 23.4 Å². The molecule has 0 amide bonds. The Morgan fingerprint density at radius 1 is 0.649 bits per heavy atom. The van der Waals surface area contributed by atoms with Crippen LogP contribution in [-0.2, 0) is 29.8 Å². The molecule has 0 saturated heterocycles. The molecule has 4 aromatic carbocycles. The summed E-state index contributed by atoms with van der Waals surface area (Å²) in [4.78, 5) is 13.3. The van der Waals surface area contributed by atoms with Crippen LogP contribution in [0, 0.1) is 5.82 Å². The molecule has 0 aliphatic rings. The van der Waals surface area contributed by atoms with Gasteiger partial charge in [0, 0.05) is 36.3 Å². The van der Waals surface area contributed by atoms with Crippen LogP contribution in [0.3, 0.4) is 0 Å². The highest BCUT2D eigenvalue weighted by Crippen LogP contribution is 2.43. The molecule has 0 aliphatic carbocycles. The van der Waals surface area contributed by atoms with Gasteiger partial charge < -0.3 is 33.7 Å². The van der Waals surface area contributed by atoms with Gasteiger partial charge in [-0.3, -0.25) is 0 Å². The van der Waals surface area contributed by atoms with Crippen molar-refractivity contribution < 1.29 is 77.1 Å². The third-order valence-corrected chi connectivity index (χ3v) is 8.73. The van der Waals surface area contributed by atoms with Crippen molar-refractivity contribution in [2.75, 3.05) is 28.4 Å². The molecular formula is C39H37F10NO7. The molecule has 0 radical (unpaired) electrons. The van der Waals surface area contributed by atoms with E-state index in [0.29, 0.717) is 12.1 Å². The molecule has 1 N–H and O–H groups in total. The lowest BCUT2D eigenvalue weighted by Gasteiger charge is -2.27. The predicted octanol–water partition coefficient (Wildman–Crippen LogP) is 11.1. The maximum absolute atomic E-state index is 14.9. The summed E-state index contributed by atoms with van der Waals surface area (Å²) in [6.45, 7) is 4.06. The summed E-state index contributed by atoms with van der Waals surface area (Å²) in [6, 6.07) is 6.61. The molecule has 0 spiro atoms. The molecule has 2 atom stereocenters. The Balaban J connectivity index is 1.83. The highest BCUT2D eigenvalue weighted by Gasteiger charge is 2.39. The number of methoxy groups -OCH3 is 4. The minimum atomic E-state index is -5.29. The maximum atomic E-state index is 14.9. The van der Waals surface area contributed by atoms with E-state index < -0.39 is 71.4 Å². The van der Waals surface area contributed by atoms with E-state index in [0.717, 1.165) is 36.4 Å². The number of halogens is 10. The Bertz CT molecular complexity index is 2010. The van der Waals surface area contributed by atoms with Crippen LogP contribution < -0.4 is 29.0 Å². The first-order valence-corrected chi connectivity index (χ1v) is 16.8. The van der Waals surface area contributed by atoms with Gasteiger partial charge in [-0.2, -0.15) is 39.5 Å².